The Labute approximate surface area is 106 Å². The van der Waals surface area contributed by atoms with Gasteiger partial charge in [-0.25, -0.2) is 9.80 Å². The number of hydrazone groups is 1. The molecule has 0 fully saturated rings. The summed E-state index contributed by atoms with van der Waals surface area (Å²) in [5.74, 6) is -1.43. The molecular weight excluding hydrogens is 288 g/mol. The number of aliphatic carboxylic acids is 1. The van der Waals surface area contributed by atoms with E-state index in [-0.39, 0.29) is 24.6 Å². The summed E-state index contributed by atoms with van der Waals surface area (Å²) in [4.78, 5) is 22.2. The topological polar surface area (TPSA) is 70.0 Å². The maximum absolute atomic E-state index is 11.5. The summed E-state index contributed by atoms with van der Waals surface area (Å²) in [5.41, 5.74) is 0.785. The fraction of sp³-hybridized carbons (Fsp3) is 0.182. The summed E-state index contributed by atoms with van der Waals surface area (Å²) in [6.07, 6.45) is -0.136. The molecule has 0 aromatic heterocycles. The summed E-state index contributed by atoms with van der Waals surface area (Å²) in [6.45, 7) is 0.287. The molecule has 0 saturated heterocycles. The first kappa shape index (κ1) is 11.8. The van der Waals surface area contributed by atoms with Crippen LogP contribution in [0.3, 0.4) is 0 Å². The molecule has 0 aliphatic carbocycles. The standard InChI is InChI=1S/C11H9BrN2O3/c12-8-3-1-2-7(4-8)6-14-10(15)5-9(13-14)11(16)17/h1-4H,5-6H2,(H,16,17). The fourth-order valence-corrected chi connectivity index (χ4v) is 1.97. The van der Waals surface area contributed by atoms with Crippen LogP contribution in [0.4, 0.5) is 0 Å². The lowest BCUT2D eigenvalue weighted by Gasteiger charge is -2.11. The highest BCUT2D eigenvalue weighted by atomic mass is 79.9. The quantitative estimate of drug-likeness (QED) is 0.921. The summed E-state index contributed by atoms with van der Waals surface area (Å²) >= 11 is 3.33. The van der Waals surface area contributed by atoms with Crippen LogP contribution in [-0.2, 0) is 16.1 Å². The summed E-state index contributed by atoms with van der Waals surface area (Å²) < 4.78 is 0.907. The molecule has 0 radical (unpaired) electrons. The molecule has 0 bridgehead atoms. The van der Waals surface area contributed by atoms with Crippen LogP contribution in [0.15, 0.2) is 33.8 Å². The number of carboxylic acids is 1. The normalized spacial score (nSPS) is 15.0. The molecule has 1 aromatic carbocycles. The molecule has 6 heteroatoms. The van der Waals surface area contributed by atoms with Crippen LogP contribution in [0.1, 0.15) is 12.0 Å². The van der Waals surface area contributed by atoms with Crippen molar-refractivity contribution in [3.05, 3.63) is 34.3 Å². The van der Waals surface area contributed by atoms with Gasteiger partial charge >= 0.3 is 5.97 Å². The Morgan fingerprint density at radius 2 is 2.29 bits per heavy atom. The first-order chi connectivity index (χ1) is 8.06. The van der Waals surface area contributed by atoms with Crippen molar-refractivity contribution in [2.75, 3.05) is 0 Å². The third-order valence-electron chi connectivity index (χ3n) is 2.32. The van der Waals surface area contributed by atoms with E-state index in [2.05, 4.69) is 21.0 Å². The number of amides is 1. The van der Waals surface area contributed by atoms with Gasteiger partial charge in [-0.3, -0.25) is 4.79 Å². The van der Waals surface area contributed by atoms with E-state index in [9.17, 15) is 9.59 Å². The Balaban J connectivity index is 2.14. The van der Waals surface area contributed by atoms with E-state index in [0.717, 1.165) is 10.0 Å². The molecule has 0 atom stereocenters. The molecule has 88 valence electrons. The smallest absolute Gasteiger partial charge is 0.352 e. The predicted molar refractivity (Wildman–Crippen MR) is 64.4 cm³/mol. The largest absolute Gasteiger partial charge is 0.477 e. The second-order valence-corrected chi connectivity index (χ2v) is 4.53. The van der Waals surface area contributed by atoms with Gasteiger partial charge in [-0.15, -0.1) is 0 Å². The van der Waals surface area contributed by atoms with Crippen molar-refractivity contribution in [1.82, 2.24) is 5.01 Å². The van der Waals surface area contributed by atoms with Crippen molar-refractivity contribution < 1.29 is 14.7 Å². The van der Waals surface area contributed by atoms with Crippen molar-refractivity contribution in [1.29, 1.82) is 0 Å². The van der Waals surface area contributed by atoms with Crippen LogP contribution in [0.5, 0.6) is 0 Å². The zero-order chi connectivity index (χ0) is 12.4. The molecule has 1 aliphatic rings. The van der Waals surface area contributed by atoms with Gasteiger partial charge in [0, 0.05) is 4.47 Å². The van der Waals surface area contributed by atoms with Crippen molar-refractivity contribution in [3.63, 3.8) is 0 Å². The highest BCUT2D eigenvalue weighted by Gasteiger charge is 2.27. The van der Waals surface area contributed by atoms with E-state index < -0.39 is 5.97 Å². The van der Waals surface area contributed by atoms with Gasteiger partial charge in [0.15, 0.2) is 5.71 Å². The summed E-state index contributed by atoms with van der Waals surface area (Å²) in [5, 5.41) is 13.7. The van der Waals surface area contributed by atoms with Crippen LogP contribution in [0.25, 0.3) is 0 Å². The highest BCUT2D eigenvalue weighted by molar-refractivity contribution is 9.10. The Morgan fingerprint density at radius 3 is 2.88 bits per heavy atom. The minimum Gasteiger partial charge on any atom is -0.477 e. The van der Waals surface area contributed by atoms with Gasteiger partial charge in [-0.1, -0.05) is 28.1 Å². The van der Waals surface area contributed by atoms with Crippen LogP contribution < -0.4 is 0 Å². The molecule has 1 aliphatic heterocycles. The molecular formula is C11H9BrN2O3. The molecule has 5 nitrogen and oxygen atoms in total. The third-order valence-corrected chi connectivity index (χ3v) is 2.81. The monoisotopic (exact) mass is 296 g/mol. The van der Waals surface area contributed by atoms with E-state index in [1.165, 1.54) is 5.01 Å². The molecule has 1 aromatic rings. The second-order valence-electron chi connectivity index (χ2n) is 3.61. The maximum atomic E-state index is 11.5. The zero-order valence-corrected chi connectivity index (χ0v) is 10.3. The number of hydrogen-bond acceptors (Lipinski definition) is 3. The Hall–Kier alpha value is -1.69. The predicted octanol–water partition coefficient (Wildman–Crippen LogP) is 1.62. The first-order valence-electron chi connectivity index (χ1n) is 4.92. The number of carbonyl (C=O) groups excluding carboxylic acids is 1. The average molecular weight is 297 g/mol. The molecule has 0 spiro atoms. The average Bonchev–Trinajstić information content (AvgIpc) is 2.61. The van der Waals surface area contributed by atoms with Crippen molar-refractivity contribution in [2.24, 2.45) is 5.10 Å². The van der Waals surface area contributed by atoms with Gasteiger partial charge in [-0.05, 0) is 17.7 Å². The minimum atomic E-state index is -1.14. The van der Waals surface area contributed by atoms with E-state index in [4.69, 9.17) is 5.11 Å². The van der Waals surface area contributed by atoms with Gasteiger partial charge in [0.2, 0.25) is 5.91 Å². The van der Waals surface area contributed by atoms with Crippen molar-refractivity contribution in [3.8, 4) is 0 Å². The van der Waals surface area contributed by atoms with E-state index in [0.29, 0.717) is 0 Å². The molecule has 1 amide bonds. The second kappa shape index (κ2) is 4.67. The zero-order valence-electron chi connectivity index (χ0n) is 8.76. The number of benzene rings is 1. The van der Waals surface area contributed by atoms with Gasteiger partial charge in [0.25, 0.3) is 0 Å². The van der Waals surface area contributed by atoms with Crippen LogP contribution in [0.2, 0.25) is 0 Å². The van der Waals surface area contributed by atoms with Gasteiger partial charge in [0.1, 0.15) is 0 Å². The molecule has 1 N–H and O–H groups in total. The Morgan fingerprint density at radius 1 is 1.53 bits per heavy atom. The van der Waals surface area contributed by atoms with Crippen molar-refractivity contribution >= 4 is 33.5 Å². The number of carbonyl (C=O) groups is 2. The number of carboxylic acid groups (broad SMARTS) is 1. The molecule has 0 saturated carbocycles. The lowest BCUT2D eigenvalue weighted by atomic mass is 10.2. The Bertz CT molecular complexity index is 513. The lowest BCUT2D eigenvalue weighted by molar-refractivity contribution is -0.131. The van der Waals surface area contributed by atoms with Gasteiger partial charge < -0.3 is 5.11 Å². The number of halogens is 1. The van der Waals surface area contributed by atoms with Gasteiger partial charge in [0.05, 0.1) is 13.0 Å². The first-order valence-corrected chi connectivity index (χ1v) is 5.71. The Kier molecular flexibility index (Phi) is 3.23. The third kappa shape index (κ3) is 2.71. The number of nitrogens with zero attached hydrogens (tertiary/aromatic N) is 2. The van der Waals surface area contributed by atoms with E-state index in [1.54, 1.807) is 0 Å². The molecule has 17 heavy (non-hydrogen) atoms. The lowest BCUT2D eigenvalue weighted by Crippen LogP contribution is -2.20. The van der Waals surface area contributed by atoms with Gasteiger partial charge in [-0.2, -0.15) is 5.10 Å². The van der Waals surface area contributed by atoms with Crippen LogP contribution >= 0.6 is 15.9 Å². The molecule has 0 unspecified atom stereocenters. The molecule has 1 heterocycles. The highest BCUT2D eigenvalue weighted by Crippen LogP contribution is 2.16. The maximum Gasteiger partial charge on any atom is 0.352 e. The van der Waals surface area contributed by atoms with Crippen molar-refractivity contribution in [2.45, 2.75) is 13.0 Å². The summed E-state index contributed by atoms with van der Waals surface area (Å²) in [7, 11) is 0. The van der Waals surface area contributed by atoms with Crippen LogP contribution in [0, 0.1) is 0 Å². The summed E-state index contributed by atoms with van der Waals surface area (Å²) in [6, 6.07) is 7.44. The minimum absolute atomic E-state index is 0.106. The van der Waals surface area contributed by atoms with Crippen LogP contribution in [-0.4, -0.2) is 27.7 Å². The van der Waals surface area contributed by atoms with E-state index >= 15 is 0 Å². The van der Waals surface area contributed by atoms with E-state index in [1.807, 2.05) is 24.3 Å². The molecule has 2 rings (SSSR count). The number of rotatable bonds is 3. The SMILES string of the molecule is O=C(O)C1=NN(Cc2cccc(Br)c2)C(=O)C1. The number of hydrogen-bond donors (Lipinski definition) is 1. The fourth-order valence-electron chi connectivity index (χ4n) is 1.52.